The third kappa shape index (κ3) is 4.11. The monoisotopic (exact) mass is 409 g/mol. The van der Waals surface area contributed by atoms with Gasteiger partial charge in [-0.25, -0.2) is 8.42 Å². The van der Waals surface area contributed by atoms with Gasteiger partial charge in [0, 0.05) is 12.8 Å². The normalized spacial score (nSPS) is 18.0. The molecule has 1 saturated heterocycles. The van der Waals surface area contributed by atoms with E-state index in [1.165, 1.54) is 6.26 Å². The summed E-state index contributed by atoms with van der Waals surface area (Å²) >= 11 is 12.2. The number of sulfone groups is 1. The SMILES string of the molecule is CS(=O)(=O)c1ccc(/C(=C\C2CCNC2=O)c2ccc(Cl)c(Cl)c2)cc1. The maximum absolute atomic E-state index is 12.0. The molecule has 3 rings (SSSR count). The zero-order valence-electron chi connectivity index (χ0n) is 14.0. The van der Waals surface area contributed by atoms with Crippen molar-refractivity contribution >= 4 is 44.5 Å². The molecule has 0 saturated carbocycles. The highest BCUT2D eigenvalue weighted by Crippen LogP contribution is 2.32. The Kier molecular flexibility index (Phi) is 5.42. The molecule has 1 N–H and O–H groups in total. The molecule has 0 radical (unpaired) electrons. The van der Waals surface area contributed by atoms with Gasteiger partial charge in [-0.05, 0) is 47.4 Å². The Balaban J connectivity index is 2.09. The van der Waals surface area contributed by atoms with Crippen molar-refractivity contribution < 1.29 is 13.2 Å². The van der Waals surface area contributed by atoms with Gasteiger partial charge in [0.05, 0.1) is 20.9 Å². The maximum Gasteiger partial charge on any atom is 0.227 e. The van der Waals surface area contributed by atoms with Gasteiger partial charge in [0.25, 0.3) is 0 Å². The number of nitrogens with one attached hydrogen (secondary N) is 1. The minimum Gasteiger partial charge on any atom is -0.356 e. The van der Waals surface area contributed by atoms with Crippen molar-refractivity contribution in [1.82, 2.24) is 5.32 Å². The van der Waals surface area contributed by atoms with Crippen LogP contribution in [0.5, 0.6) is 0 Å². The molecule has 1 fully saturated rings. The highest BCUT2D eigenvalue weighted by Gasteiger charge is 2.23. The summed E-state index contributed by atoms with van der Waals surface area (Å²) in [5.74, 6) is -0.260. The number of amides is 1. The fourth-order valence-electron chi connectivity index (χ4n) is 2.88. The summed E-state index contributed by atoms with van der Waals surface area (Å²) in [6, 6.07) is 11.9. The van der Waals surface area contributed by atoms with Crippen LogP contribution in [-0.4, -0.2) is 27.1 Å². The lowest BCUT2D eigenvalue weighted by molar-refractivity contribution is -0.121. The van der Waals surface area contributed by atoms with Crippen LogP contribution in [0.25, 0.3) is 5.57 Å². The molecule has 1 heterocycles. The van der Waals surface area contributed by atoms with Crippen LogP contribution in [0.2, 0.25) is 10.0 Å². The summed E-state index contributed by atoms with van der Waals surface area (Å²) in [4.78, 5) is 12.2. The van der Waals surface area contributed by atoms with E-state index in [2.05, 4.69) is 5.32 Å². The fourth-order valence-corrected chi connectivity index (χ4v) is 3.81. The molecular weight excluding hydrogens is 393 g/mol. The van der Waals surface area contributed by atoms with Crippen LogP contribution in [0.4, 0.5) is 0 Å². The van der Waals surface area contributed by atoms with Crippen molar-refractivity contribution in [1.29, 1.82) is 0 Å². The highest BCUT2D eigenvalue weighted by molar-refractivity contribution is 7.90. The molecule has 7 heteroatoms. The number of hydrogen-bond donors (Lipinski definition) is 1. The molecule has 26 heavy (non-hydrogen) atoms. The molecule has 2 aromatic rings. The van der Waals surface area contributed by atoms with E-state index in [0.29, 0.717) is 23.0 Å². The molecule has 4 nitrogen and oxygen atoms in total. The molecule has 1 aliphatic heterocycles. The number of hydrogen-bond acceptors (Lipinski definition) is 3. The van der Waals surface area contributed by atoms with E-state index < -0.39 is 9.84 Å². The second-order valence-corrected chi connectivity index (χ2v) is 9.02. The van der Waals surface area contributed by atoms with Gasteiger partial charge in [-0.3, -0.25) is 4.79 Å². The van der Waals surface area contributed by atoms with E-state index in [1.54, 1.807) is 36.4 Å². The Labute approximate surface area is 162 Å². The van der Waals surface area contributed by atoms with Crippen LogP contribution in [0.1, 0.15) is 17.5 Å². The van der Waals surface area contributed by atoms with E-state index in [-0.39, 0.29) is 16.7 Å². The number of carbonyl (C=O) groups is 1. The van der Waals surface area contributed by atoms with Crippen molar-refractivity contribution in [2.75, 3.05) is 12.8 Å². The molecule has 2 aromatic carbocycles. The average Bonchev–Trinajstić information content (AvgIpc) is 2.99. The van der Waals surface area contributed by atoms with Crippen molar-refractivity contribution in [3.05, 3.63) is 69.7 Å². The van der Waals surface area contributed by atoms with Gasteiger partial charge in [0.2, 0.25) is 5.91 Å². The molecular formula is C19H17Cl2NO3S. The Hall–Kier alpha value is -1.82. The standard InChI is InChI=1S/C19H17Cl2NO3S/c1-26(24,25)15-5-2-12(3-6-15)16(10-14-8-9-22-19(14)23)13-4-7-17(20)18(21)11-13/h2-7,10-11,14H,8-9H2,1H3,(H,22,23)/b16-10+. The van der Waals surface area contributed by atoms with E-state index in [1.807, 2.05) is 12.1 Å². The van der Waals surface area contributed by atoms with Crippen molar-refractivity contribution in [2.24, 2.45) is 5.92 Å². The lowest BCUT2D eigenvalue weighted by atomic mass is 9.93. The van der Waals surface area contributed by atoms with Crippen LogP contribution >= 0.6 is 23.2 Å². The van der Waals surface area contributed by atoms with Crippen molar-refractivity contribution in [2.45, 2.75) is 11.3 Å². The van der Waals surface area contributed by atoms with E-state index in [0.717, 1.165) is 16.7 Å². The molecule has 1 amide bonds. The zero-order valence-corrected chi connectivity index (χ0v) is 16.3. The van der Waals surface area contributed by atoms with Gasteiger partial charge in [-0.2, -0.15) is 0 Å². The molecule has 0 bridgehead atoms. The smallest absolute Gasteiger partial charge is 0.227 e. The lowest BCUT2D eigenvalue weighted by Crippen LogP contribution is -2.18. The first-order valence-corrected chi connectivity index (χ1v) is 10.7. The second kappa shape index (κ2) is 7.43. The van der Waals surface area contributed by atoms with Gasteiger partial charge < -0.3 is 5.32 Å². The quantitative estimate of drug-likeness (QED) is 0.830. The molecule has 1 atom stereocenters. The van der Waals surface area contributed by atoms with E-state index >= 15 is 0 Å². The summed E-state index contributed by atoms with van der Waals surface area (Å²) in [6.45, 7) is 0.641. The Morgan fingerprint density at radius 3 is 2.27 bits per heavy atom. The van der Waals surface area contributed by atoms with Crippen molar-refractivity contribution in [3.8, 4) is 0 Å². The summed E-state index contributed by atoms with van der Waals surface area (Å²) in [5, 5.41) is 3.68. The van der Waals surface area contributed by atoms with Crippen LogP contribution in [0.15, 0.2) is 53.4 Å². The highest BCUT2D eigenvalue weighted by atomic mass is 35.5. The number of rotatable bonds is 4. The third-order valence-corrected chi connectivity index (χ3v) is 6.15. The van der Waals surface area contributed by atoms with E-state index in [9.17, 15) is 13.2 Å². The first-order valence-electron chi connectivity index (χ1n) is 8.01. The fraction of sp³-hybridized carbons (Fsp3) is 0.211. The molecule has 1 unspecified atom stereocenters. The average molecular weight is 410 g/mol. The summed E-state index contributed by atoms with van der Waals surface area (Å²) < 4.78 is 23.4. The van der Waals surface area contributed by atoms with Crippen LogP contribution in [0.3, 0.4) is 0 Å². The number of carbonyl (C=O) groups excluding carboxylic acids is 1. The minimum atomic E-state index is -3.28. The molecule has 1 aliphatic rings. The molecule has 0 aliphatic carbocycles. The predicted molar refractivity (Wildman–Crippen MR) is 104 cm³/mol. The first-order chi connectivity index (χ1) is 12.3. The first kappa shape index (κ1) is 19.0. The molecule has 0 spiro atoms. The van der Waals surface area contributed by atoms with Gasteiger partial charge in [0.15, 0.2) is 9.84 Å². The van der Waals surface area contributed by atoms with Crippen molar-refractivity contribution in [3.63, 3.8) is 0 Å². The van der Waals surface area contributed by atoms with Gasteiger partial charge in [-0.15, -0.1) is 0 Å². The van der Waals surface area contributed by atoms with E-state index in [4.69, 9.17) is 23.2 Å². The second-order valence-electron chi connectivity index (χ2n) is 6.19. The predicted octanol–water partition coefficient (Wildman–Crippen LogP) is 3.96. The minimum absolute atomic E-state index is 0.0182. The molecule has 0 aromatic heterocycles. The summed E-state index contributed by atoms with van der Waals surface area (Å²) in [5.41, 5.74) is 2.42. The van der Waals surface area contributed by atoms with Gasteiger partial charge in [0.1, 0.15) is 0 Å². The van der Waals surface area contributed by atoms with Crippen LogP contribution in [-0.2, 0) is 14.6 Å². The summed E-state index contributed by atoms with van der Waals surface area (Å²) in [7, 11) is -3.28. The summed E-state index contributed by atoms with van der Waals surface area (Å²) in [6.07, 6.45) is 3.78. The Bertz CT molecular complexity index is 982. The number of benzene rings is 2. The lowest BCUT2D eigenvalue weighted by Gasteiger charge is -2.12. The van der Waals surface area contributed by atoms with Gasteiger partial charge in [-0.1, -0.05) is 47.5 Å². The topological polar surface area (TPSA) is 63.2 Å². The maximum atomic E-state index is 12.0. The zero-order chi connectivity index (χ0) is 18.9. The van der Waals surface area contributed by atoms with Gasteiger partial charge >= 0.3 is 0 Å². The Morgan fingerprint density at radius 1 is 1.08 bits per heavy atom. The Morgan fingerprint density at radius 2 is 1.73 bits per heavy atom. The largest absolute Gasteiger partial charge is 0.356 e. The van der Waals surface area contributed by atoms with Crippen LogP contribution in [0, 0.1) is 5.92 Å². The van der Waals surface area contributed by atoms with Crippen LogP contribution < -0.4 is 5.32 Å². The molecule has 136 valence electrons. The number of halogens is 2. The third-order valence-electron chi connectivity index (χ3n) is 4.28.